The predicted molar refractivity (Wildman–Crippen MR) is 109 cm³/mol. The maximum absolute atomic E-state index is 6.19. The van der Waals surface area contributed by atoms with Crippen LogP contribution in [0, 0.1) is 0 Å². The maximum atomic E-state index is 6.19. The van der Waals surface area contributed by atoms with Gasteiger partial charge < -0.3 is 4.42 Å². The van der Waals surface area contributed by atoms with Crippen molar-refractivity contribution in [2.75, 3.05) is 0 Å². The fraction of sp³-hybridized carbons (Fsp3) is 0.174. The average molecular weight is 363 g/mol. The SMILES string of the molecule is CC(C)(C)c1cc(-c2ccc(Cl)cc2)c2o[13c](-c3ccccc3)nc2c1. The molecule has 0 bridgehead atoms. The second-order valence-electron chi connectivity index (χ2n) is 7.51. The number of hydrogen-bond acceptors (Lipinski definition) is 2. The van der Waals surface area contributed by atoms with E-state index in [1.165, 1.54) is 5.56 Å². The summed E-state index contributed by atoms with van der Waals surface area (Å²) in [5.74, 6) is 0.641. The van der Waals surface area contributed by atoms with Crippen LogP contribution >= 0.6 is 11.6 Å². The lowest BCUT2D eigenvalue weighted by Gasteiger charge is -2.20. The molecule has 0 fully saturated rings. The van der Waals surface area contributed by atoms with E-state index in [2.05, 4.69) is 32.9 Å². The lowest BCUT2D eigenvalue weighted by molar-refractivity contribution is 0.590. The third-order valence-corrected chi connectivity index (χ3v) is 4.78. The Bertz CT molecular complexity index is 1060. The largest absolute Gasteiger partial charge is 0.435 e. The molecule has 130 valence electrons. The van der Waals surface area contributed by atoms with Crippen LogP contribution in [0.2, 0.25) is 5.02 Å². The minimum atomic E-state index is 0.0151. The number of aromatic nitrogens is 1. The van der Waals surface area contributed by atoms with E-state index >= 15 is 0 Å². The number of nitrogens with zero attached hydrogens (tertiary/aromatic N) is 1. The van der Waals surface area contributed by atoms with Gasteiger partial charge in [0.25, 0.3) is 0 Å². The fourth-order valence-corrected chi connectivity index (χ4v) is 3.14. The third-order valence-electron chi connectivity index (χ3n) is 4.53. The molecule has 0 unspecified atom stereocenters. The van der Waals surface area contributed by atoms with E-state index in [9.17, 15) is 0 Å². The van der Waals surface area contributed by atoms with Crippen LogP contribution in [0.3, 0.4) is 0 Å². The van der Waals surface area contributed by atoms with Crippen LogP contribution in [0.1, 0.15) is 26.3 Å². The Kier molecular flexibility index (Phi) is 4.08. The van der Waals surface area contributed by atoms with E-state index in [1.54, 1.807) is 0 Å². The summed E-state index contributed by atoms with van der Waals surface area (Å²) in [6.07, 6.45) is 0. The van der Waals surface area contributed by atoms with E-state index in [1.807, 2.05) is 54.6 Å². The van der Waals surface area contributed by atoms with Crippen LogP contribution < -0.4 is 0 Å². The summed E-state index contributed by atoms with van der Waals surface area (Å²) in [6, 6.07) is 22.2. The zero-order chi connectivity index (χ0) is 18.3. The monoisotopic (exact) mass is 362 g/mol. The molecule has 1 heterocycles. The van der Waals surface area contributed by atoms with Crippen LogP contribution in [-0.2, 0) is 5.41 Å². The molecule has 3 aromatic carbocycles. The summed E-state index contributed by atoms with van der Waals surface area (Å²) in [7, 11) is 0. The van der Waals surface area contributed by atoms with Crippen molar-refractivity contribution in [2.45, 2.75) is 26.2 Å². The second-order valence-corrected chi connectivity index (χ2v) is 7.95. The number of oxazole rings is 1. The van der Waals surface area contributed by atoms with Crippen molar-refractivity contribution >= 4 is 22.7 Å². The van der Waals surface area contributed by atoms with Gasteiger partial charge in [0.05, 0.1) is 0 Å². The Hall–Kier alpha value is -2.58. The molecule has 0 saturated heterocycles. The molecule has 0 atom stereocenters. The molecular weight excluding hydrogens is 343 g/mol. The van der Waals surface area contributed by atoms with Gasteiger partial charge in [-0.15, -0.1) is 0 Å². The molecule has 0 aliphatic carbocycles. The highest BCUT2D eigenvalue weighted by molar-refractivity contribution is 6.30. The summed E-state index contributed by atoms with van der Waals surface area (Å²) in [4.78, 5) is 4.77. The first-order valence-electron chi connectivity index (χ1n) is 8.68. The van der Waals surface area contributed by atoms with Crippen molar-refractivity contribution < 1.29 is 4.42 Å². The summed E-state index contributed by atoms with van der Waals surface area (Å²) < 4.78 is 6.19. The highest BCUT2D eigenvalue weighted by atomic mass is 35.5. The van der Waals surface area contributed by atoms with Gasteiger partial charge in [0, 0.05) is 16.1 Å². The minimum Gasteiger partial charge on any atom is -0.435 e. The first-order chi connectivity index (χ1) is 12.4. The lowest BCUT2D eigenvalue weighted by atomic mass is 9.85. The van der Waals surface area contributed by atoms with Gasteiger partial charge in [-0.1, -0.05) is 62.7 Å². The van der Waals surface area contributed by atoms with E-state index < -0.39 is 0 Å². The first-order valence-corrected chi connectivity index (χ1v) is 9.06. The quantitative estimate of drug-likeness (QED) is 0.379. The summed E-state index contributed by atoms with van der Waals surface area (Å²) in [5, 5.41) is 0.722. The number of rotatable bonds is 2. The molecule has 0 spiro atoms. The third kappa shape index (κ3) is 3.13. The van der Waals surface area contributed by atoms with Gasteiger partial charge in [0.1, 0.15) is 5.52 Å². The first kappa shape index (κ1) is 16.9. The Morgan fingerprint density at radius 1 is 0.846 bits per heavy atom. The van der Waals surface area contributed by atoms with E-state index in [-0.39, 0.29) is 5.41 Å². The summed E-state index contributed by atoms with van der Waals surface area (Å²) >= 11 is 6.07. The molecule has 0 N–H and O–H groups in total. The molecule has 26 heavy (non-hydrogen) atoms. The standard InChI is InChI=1S/C23H20ClNO/c1-23(2,3)17-13-19(15-9-11-18(24)12-10-15)21-20(14-17)25-22(26-21)16-7-5-4-6-8-16/h4-14H,1-3H3/i22+1. The molecule has 3 heteroatoms. The van der Waals surface area contributed by atoms with Crippen molar-refractivity contribution in [1.82, 2.24) is 4.98 Å². The zero-order valence-corrected chi connectivity index (χ0v) is 15.8. The van der Waals surface area contributed by atoms with Crippen molar-refractivity contribution in [3.05, 3.63) is 77.3 Å². The lowest BCUT2D eigenvalue weighted by Crippen LogP contribution is -2.11. The molecule has 0 aliphatic rings. The van der Waals surface area contributed by atoms with Crippen molar-refractivity contribution in [3.8, 4) is 22.6 Å². The Labute approximate surface area is 158 Å². The van der Waals surface area contributed by atoms with Crippen LogP contribution in [0.4, 0.5) is 0 Å². The Morgan fingerprint density at radius 3 is 2.19 bits per heavy atom. The van der Waals surface area contributed by atoms with Crippen LogP contribution in [0.5, 0.6) is 0 Å². The summed E-state index contributed by atoms with van der Waals surface area (Å²) in [5.41, 5.74) is 6.01. The average Bonchev–Trinajstić information content (AvgIpc) is 3.06. The van der Waals surface area contributed by atoms with Crippen molar-refractivity contribution in [2.24, 2.45) is 0 Å². The number of hydrogen-bond donors (Lipinski definition) is 0. The molecule has 0 radical (unpaired) electrons. The normalized spacial score (nSPS) is 11.8. The van der Waals surface area contributed by atoms with Gasteiger partial charge in [-0.3, -0.25) is 0 Å². The Morgan fingerprint density at radius 2 is 1.54 bits per heavy atom. The minimum absolute atomic E-state index is 0.0151. The molecule has 0 amide bonds. The smallest absolute Gasteiger partial charge is 0.227 e. The molecule has 0 saturated carbocycles. The fourth-order valence-electron chi connectivity index (χ4n) is 3.01. The van der Waals surface area contributed by atoms with Gasteiger partial charge in [-0.25, -0.2) is 4.98 Å². The molecule has 4 aromatic rings. The van der Waals surface area contributed by atoms with E-state index in [0.29, 0.717) is 5.89 Å². The van der Waals surface area contributed by atoms with Gasteiger partial charge in [0.15, 0.2) is 5.58 Å². The van der Waals surface area contributed by atoms with E-state index in [4.69, 9.17) is 21.0 Å². The molecule has 2 nitrogen and oxygen atoms in total. The second kappa shape index (κ2) is 6.30. The molecule has 1 aromatic heterocycles. The Balaban J connectivity index is 1.98. The predicted octanol–water partition coefficient (Wildman–Crippen LogP) is 7.11. The van der Waals surface area contributed by atoms with Crippen LogP contribution in [0.25, 0.3) is 33.7 Å². The van der Waals surface area contributed by atoms with Gasteiger partial charge >= 0.3 is 0 Å². The topological polar surface area (TPSA) is 26.0 Å². The van der Waals surface area contributed by atoms with Gasteiger partial charge in [-0.05, 0) is 52.9 Å². The molecular formula is C23H20ClNO. The van der Waals surface area contributed by atoms with Crippen molar-refractivity contribution in [3.63, 3.8) is 0 Å². The van der Waals surface area contributed by atoms with Crippen molar-refractivity contribution in [1.29, 1.82) is 0 Å². The number of fused-ring (bicyclic) bond motifs is 1. The highest BCUT2D eigenvalue weighted by Crippen LogP contribution is 2.37. The zero-order valence-electron chi connectivity index (χ0n) is 15.1. The molecule has 0 aliphatic heterocycles. The maximum Gasteiger partial charge on any atom is 0.227 e. The van der Waals surface area contributed by atoms with Gasteiger partial charge in [-0.2, -0.15) is 0 Å². The number of halogens is 1. The summed E-state index contributed by atoms with van der Waals surface area (Å²) in [6.45, 7) is 6.62. The van der Waals surface area contributed by atoms with Crippen LogP contribution in [0.15, 0.2) is 71.1 Å². The van der Waals surface area contributed by atoms with E-state index in [0.717, 1.165) is 32.8 Å². The highest BCUT2D eigenvalue weighted by Gasteiger charge is 2.20. The molecule has 4 rings (SSSR count). The van der Waals surface area contributed by atoms with Gasteiger partial charge in [0.2, 0.25) is 5.89 Å². The number of benzene rings is 3. The van der Waals surface area contributed by atoms with Crippen LogP contribution in [-0.4, -0.2) is 4.98 Å².